The molecule has 0 spiro atoms. The van der Waals surface area contributed by atoms with E-state index in [0.717, 1.165) is 6.42 Å². The third-order valence-electron chi connectivity index (χ3n) is 3.83. The Hall–Kier alpha value is -2.08. The summed E-state index contributed by atoms with van der Waals surface area (Å²) in [6, 6.07) is 4.61. The molecule has 2 aliphatic rings. The molecule has 2 aliphatic heterocycles. The van der Waals surface area contributed by atoms with Gasteiger partial charge in [0.1, 0.15) is 11.8 Å². The van der Waals surface area contributed by atoms with Crippen LogP contribution in [0.25, 0.3) is 0 Å². The number of anilines is 1. The van der Waals surface area contributed by atoms with Crippen LogP contribution in [0.4, 0.5) is 5.69 Å². The Morgan fingerprint density at radius 3 is 2.75 bits per heavy atom. The molecule has 6 heteroatoms. The van der Waals surface area contributed by atoms with E-state index < -0.39 is 6.04 Å². The van der Waals surface area contributed by atoms with Gasteiger partial charge in [0.2, 0.25) is 0 Å². The molecule has 0 bridgehead atoms. The van der Waals surface area contributed by atoms with Gasteiger partial charge in [0.25, 0.3) is 11.8 Å². The first kappa shape index (κ1) is 12.9. The summed E-state index contributed by atoms with van der Waals surface area (Å²) < 4.78 is 5.16. The molecule has 0 aliphatic carbocycles. The maximum absolute atomic E-state index is 12.6. The van der Waals surface area contributed by atoms with Gasteiger partial charge in [-0.1, -0.05) is 0 Å². The molecule has 1 fully saturated rings. The largest absolute Gasteiger partial charge is 0.497 e. The highest BCUT2D eigenvalue weighted by Crippen LogP contribution is 2.34. The van der Waals surface area contributed by atoms with Crippen molar-refractivity contribution in [3.05, 3.63) is 23.8 Å². The molecule has 1 aromatic carbocycles. The Balaban J connectivity index is 2.16. The van der Waals surface area contributed by atoms with E-state index in [4.69, 9.17) is 9.57 Å². The highest BCUT2D eigenvalue weighted by Gasteiger charge is 2.42. The molecule has 2 amide bonds. The fraction of sp³-hybridized carbons (Fsp3) is 0.429. The van der Waals surface area contributed by atoms with Crippen LogP contribution in [0.1, 0.15) is 23.2 Å². The lowest BCUT2D eigenvalue weighted by atomic mass is 10.1. The summed E-state index contributed by atoms with van der Waals surface area (Å²) >= 11 is 0. The lowest BCUT2D eigenvalue weighted by Gasteiger charge is -2.23. The molecule has 0 aromatic heterocycles. The van der Waals surface area contributed by atoms with Crippen molar-refractivity contribution in [3.63, 3.8) is 0 Å². The van der Waals surface area contributed by atoms with Gasteiger partial charge in [0.05, 0.1) is 25.5 Å². The summed E-state index contributed by atoms with van der Waals surface area (Å²) in [5.41, 5.74) is 0.904. The van der Waals surface area contributed by atoms with Crippen molar-refractivity contribution in [1.29, 1.82) is 0 Å². The molecule has 6 nitrogen and oxygen atoms in total. The smallest absolute Gasteiger partial charge is 0.273 e. The fourth-order valence-corrected chi connectivity index (χ4v) is 2.85. The second-order valence-electron chi connectivity index (χ2n) is 4.85. The molecule has 0 unspecified atom stereocenters. The molecule has 0 N–H and O–H groups in total. The molecule has 1 aromatic rings. The van der Waals surface area contributed by atoms with Crippen LogP contribution < -0.4 is 9.80 Å². The lowest BCUT2D eigenvalue weighted by Crippen LogP contribution is -2.44. The van der Waals surface area contributed by atoms with Crippen LogP contribution in [0.5, 0.6) is 5.75 Å². The maximum Gasteiger partial charge on any atom is 0.273 e. The van der Waals surface area contributed by atoms with Gasteiger partial charge in [-0.05, 0) is 31.0 Å². The van der Waals surface area contributed by atoms with Crippen molar-refractivity contribution >= 4 is 17.5 Å². The number of ether oxygens (including phenoxy) is 1. The Morgan fingerprint density at radius 2 is 2.05 bits per heavy atom. The molecular formula is C14H16N2O4. The zero-order chi connectivity index (χ0) is 14.3. The first-order valence-electron chi connectivity index (χ1n) is 6.54. The molecule has 1 atom stereocenters. The average molecular weight is 276 g/mol. The van der Waals surface area contributed by atoms with Crippen molar-refractivity contribution in [1.82, 2.24) is 4.90 Å². The van der Waals surface area contributed by atoms with Crippen LogP contribution in [0, 0.1) is 0 Å². The number of nitrogens with zero attached hydrogens (tertiary/aromatic N) is 2. The van der Waals surface area contributed by atoms with Crippen LogP contribution in [-0.4, -0.2) is 43.5 Å². The standard InChI is InChI=1S/C14H16N2O4/c1-19-9-5-6-11-10(8-9)13(17)15-7-3-4-12(15)14(18)16(11)20-2/h5-6,8,12H,3-4,7H2,1-2H3/t12-/m0/s1. The van der Waals surface area contributed by atoms with Crippen molar-refractivity contribution < 1.29 is 19.2 Å². The van der Waals surface area contributed by atoms with Gasteiger partial charge in [-0.2, -0.15) is 5.06 Å². The normalized spacial score (nSPS) is 21.6. The van der Waals surface area contributed by atoms with Crippen LogP contribution >= 0.6 is 0 Å². The Kier molecular flexibility index (Phi) is 3.10. The van der Waals surface area contributed by atoms with E-state index in [1.54, 1.807) is 30.2 Å². The van der Waals surface area contributed by atoms with Crippen LogP contribution in [0.15, 0.2) is 18.2 Å². The van der Waals surface area contributed by atoms with Gasteiger partial charge in [0, 0.05) is 6.54 Å². The number of carbonyl (C=O) groups is 2. The summed E-state index contributed by atoms with van der Waals surface area (Å²) in [4.78, 5) is 32.0. The monoisotopic (exact) mass is 276 g/mol. The summed E-state index contributed by atoms with van der Waals surface area (Å²) in [6.45, 7) is 0.601. The number of hydrogen-bond acceptors (Lipinski definition) is 4. The van der Waals surface area contributed by atoms with Gasteiger partial charge < -0.3 is 9.64 Å². The topological polar surface area (TPSA) is 59.1 Å². The highest BCUT2D eigenvalue weighted by molar-refractivity contribution is 6.10. The average Bonchev–Trinajstić information content (AvgIpc) is 2.94. The molecule has 0 saturated carbocycles. The molecule has 2 heterocycles. The summed E-state index contributed by atoms with van der Waals surface area (Å²) in [6.07, 6.45) is 1.51. The molecule has 20 heavy (non-hydrogen) atoms. The van der Waals surface area contributed by atoms with Gasteiger partial charge in [-0.15, -0.1) is 0 Å². The highest BCUT2D eigenvalue weighted by atomic mass is 16.7. The predicted octanol–water partition coefficient (Wildman–Crippen LogP) is 1.21. The van der Waals surface area contributed by atoms with Crippen molar-refractivity contribution in [2.24, 2.45) is 0 Å². The Bertz CT molecular complexity index is 572. The van der Waals surface area contributed by atoms with E-state index in [-0.39, 0.29) is 11.8 Å². The second kappa shape index (κ2) is 4.79. The van der Waals surface area contributed by atoms with Gasteiger partial charge in [-0.3, -0.25) is 14.4 Å². The first-order valence-corrected chi connectivity index (χ1v) is 6.54. The van der Waals surface area contributed by atoms with Crippen LogP contribution in [-0.2, 0) is 9.63 Å². The minimum absolute atomic E-state index is 0.144. The zero-order valence-corrected chi connectivity index (χ0v) is 11.5. The van der Waals surface area contributed by atoms with E-state index in [0.29, 0.717) is 30.0 Å². The second-order valence-corrected chi connectivity index (χ2v) is 4.85. The Labute approximate surface area is 116 Å². The summed E-state index contributed by atoms with van der Waals surface area (Å²) in [5.74, 6) is 0.245. The van der Waals surface area contributed by atoms with Gasteiger partial charge >= 0.3 is 0 Å². The number of carbonyl (C=O) groups excluding carboxylic acids is 2. The Morgan fingerprint density at radius 1 is 1.25 bits per heavy atom. The molecular weight excluding hydrogens is 260 g/mol. The minimum Gasteiger partial charge on any atom is -0.497 e. The van der Waals surface area contributed by atoms with Crippen molar-refractivity contribution in [3.8, 4) is 5.75 Å². The van der Waals surface area contributed by atoms with Crippen LogP contribution in [0.2, 0.25) is 0 Å². The zero-order valence-electron chi connectivity index (χ0n) is 11.5. The SMILES string of the molecule is COc1ccc2c(c1)C(=O)N1CCC[C@H]1C(=O)N2OC. The number of fused-ring (bicyclic) bond motifs is 2. The van der Waals surface area contributed by atoms with E-state index in [1.807, 2.05) is 0 Å². The quantitative estimate of drug-likeness (QED) is 0.814. The fourth-order valence-electron chi connectivity index (χ4n) is 2.85. The number of hydrogen-bond donors (Lipinski definition) is 0. The number of hydroxylamine groups is 1. The first-order chi connectivity index (χ1) is 9.67. The van der Waals surface area contributed by atoms with E-state index in [2.05, 4.69) is 0 Å². The number of benzene rings is 1. The maximum atomic E-state index is 12.6. The van der Waals surface area contributed by atoms with Gasteiger partial charge in [0.15, 0.2) is 0 Å². The van der Waals surface area contributed by atoms with E-state index in [9.17, 15) is 9.59 Å². The number of methoxy groups -OCH3 is 1. The predicted molar refractivity (Wildman–Crippen MR) is 71.5 cm³/mol. The van der Waals surface area contributed by atoms with Crippen molar-refractivity contribution in [2.75, 3.05) is 25.8 Å². The number of amides is 2. The molecule has 106 valence electrons. The number of rotatable bonds is 2. The minimum atomic E-state index is -0.430. The van der Waals surface area contributed by atoms with E-state index >= 15 is 0 Å². The third kappa shape index (κ3) is 1.76. The van der Waals surface area contributed by atoms with Gasteiger partial charge in [-0.25, -0.2) is 0 Å². The third-order valence-corrected chi connectivity index (χ3v) is 3.83. The van der Waals surface area contributed by atoms with E-state index in [1.165, 1.54) is 12.2 Å². The van der Waals surface area contributed by atoms with Crippen LogP contribution in [0.3, 0.4) is 0 Å². The summed E-state index contributed by atoms with van der Waals surface area (Å²) in [7, 11) is 2.97. The lowest BCUT2D eigenvalue weighted by molar-refractivity contribution is -0.128. The molecule has 3 rings (SSSR count). The van der Waals surface area contributed by atoms with Crippen molar-refractivity contribution in [2.45, 2.75) is 18.9 Å². The molecule has 1 saturated heterocycles. The summed E-state index contributed by atoms with van der Waals surface area (Å²) in [5, 5.41) is 1.21. The molecule has 0 radical (unpaired) electrons.